The van der Waals surface area contributed by atoms with Gasteiger partial charge in [0.1, 0.15) is 11.2 Å². The molecule has 2 aliphatic carbocycles. The van der Waals surface area contributed by atoms with Gasteiger partial charge in [-0.2, -0.15) is 0 Å². The number of benzene rings is 8. The van der Waals surface area contributed by atoms with Crippen LogP contribution in [0.2, 0.25) is 0 Å². The van der Waals surface area contributed by atoms with E-state index in [-0.39, 0.29) is 0 Å². The largest absolute Gasteiger partial charge is 0.456 e. The molecule has 0 saturated heterocycles. The summed E-state index contributed by atoms with van der Waals surface area (Å²) in [6.45, 7) is 0. The van der Waals surface area contributed by atoms with Gasteiger partial charge in [-0.1, -0.05) is 97.1 Å². The molecule has 0 fully saturated rings. The van der Waals surface area contributed by atoms with Crippen molar-refractivity contribution >= 4 is 88.5 Å². The zero-order chi connectivity index (χ0) is 37.2. The van der Waals surface area contributed by atoms with E-state index >= 15 is 0 Å². The fraction of sp³-hybridized carbons (Fsp3) is 0.0741. The third kappa shape index (κ3) is 4.43. The van der Waals surface area contributed by atoms with E-state index in [0.29, 0.717) is 0 Å². The van der Waals surface area contributed by atoms with Gasteiger partial charge in [-0.15, -0.1) is 0 Å². The highest BCUT2D eigenvalue weighted by atomic mass is 16.3. The number of nitrogens with zero attached hydrogens (tertiary/aromatic N) is 2. The maximum Gasteiger partial charge on any atom is 0.135 e. The van der Waals surface area contributed by atoms with Gasteiger partial charge >= 0.3 is 0 Å². The van der Waals surface area contributed by atoms with Gasteiger partial charge in [0.15, 0.2) is 0 Å². The highest BCUT2D eigenvalue weighted by Gasteiger charge is 2.22. The summed E-state index contributed by atoms with van der Waals surface area (Å²) in [5.74, 6) is 0. The van der Waals surface area contributed by atoms with Crippen molar-refractivity contribution in [3.05, 3.63) is 180 Å². The van der Waals surface area contributed by atoms with Gasteiger partial charge in [-0.3, -0.25) is 0 Å². The van der Waals surface area contributed by atoms with E-state index in [9.17, 15) is 0 Å². The lowest BCUT2D eigenvalue weighted by Crippen LogP contribution is -2.07. The van der Waals surface area contributed by atoms with Gasteiger partial charge in [0.2, 0.25) is 0 Å². The first-order chi connectivity index (χ1) is 28.3. The molecule has 0 saturated carbocycles. The molecule has 0 aliphatic heterocycles. The Bertz CT molecular complexity index is 3580. The van der Waals surface area contributed by atoms with Crippen LogP contribution in [0.3, 0.4) is 0 Å². The standard InChI is InChI=1S/C54H36N2O/c1-2-13-39-37(11-1)38-12-3-4-14-40(38)45-31-35(23-25-41(39)45)55-49-18-8-5-15-42(49)46-29-33(21-26-51(46)55)34-22-27-52-47(30-34)43-16-6-9-19-50(43)56(52)36-24-28-54-48(32-36)44-17-7-10-20-53(44)57-54/h2,4-10,13-32H,1,3,11-12H2. The number of fused-ring (bicyclic) bond motifs is 15. The zero-order valence-corrected chi connectivity index (χ0v) is 31.3. The van der Waals surface area contributed by atoms with E-state index in [1.165, 1.54) is 82.3 Å². The minimum atomic E-state index is 0.910. The fourth-order valence-electron chi connectivity index (χ4n) is 10.3. The molecular formula is C54H36N2O. The summed E-state index contributed by atoms with van der Waals surface area (Å²) in [4.78, 5) is 0. The Morgan fingerprint density at radius 2 is 0.877 bits per heavy atom. The molecule has 3 nitrogen and oxygen atoms in total. The summed E-state index contributed by atoms with van der Waals surface area (Å²) in [6.07, 6.45) is 14.0. The Morgan fingerprint density at radius 1 is 0.368 bits per heavy atom. The van der Waals surface area contributed by atoms with Crippen molar-refractivity contribution in [2.75, 3.05) is 0 Å². The van der Waals surface area contributed by atoms with Crippen LogP contribution in [0.15, 0.2) is 162 Å². The molecule has 11 aromatic rings. The van der Waals surface area contributed by atoms with Gasteiger partial charge in [-0.25, -0.2) is 0 Å². The van der Waals surface area contributed by atoms with Crippen LogP contribution in [0, 0.1) is 0 Å². The number of aromatic nitrogens is 2. The number of allylic oxidation sites excluding steroid dienone is 2. The molecule has 13 rings (SSSR count). The van der Waals surface area contributed by atoms with Crippen LogP contribution < -0.4 is 0 Å². The van der Waals surface area contributed by atoms with Crippen molar-refractivity contribution in [3.8, 4) is 22.5 Å². The van der Waals surface area contributed by atoms with Crippen LogP contribution in [-0.4, -0.2) is 9.13 Å². The maximum absolute atomic E-state index is 6.19. The van der Waals surface area contributed by atoms with Crippen molar-refractivity contribution in [3.63, 3.8) is 0 Å². The topological polar surface area (TPSA) is 23.0 Å². The van der Waals surface area contributed by atoms with Gasteiger partial charge < -0.3 is 13.6 Å². The van der Waals surface area contributed by atoms with Crippen LogP contribution in [-0.2, 0) is 12.8 Å². The highest BCUT2D eigenvalue weighted by molar-refractivity contribution is 6.14. The van der Waals surface area contributed by atoms with Gasteiger partial charge in [0.25, 0.3) is 0 Å². The second-order valence-electron chi connectivity index (χ2n) is 15.8. The van der Waals surface area contributed by atoms with Crippen molar-refractivity contribution < 1.29 is 4.42 Å². The van der Waals surface area contributed by atoms with Crippen LogP contribution in [0.5, 0.6) is 0 Å². The van der Waals surface area contributed by atoms with Gasteiger partial charge in [0.05, 0.1) is 22.1 Å². The summed E-state index contributed by atoms with van der Waals surface area (Å²) in [5, 5.41) is 10.0. The minimum absolute atomic E-state index is 0.910. The van der Waals surface area contributed by atoms with E-state index < -0.39 is 0 Å². The Morgan fingerprint density at radius 3 is 1.53 bits per heavy atom. The summed E-state index contributed by atoms with van der Waals surface area (Å²) >= 11 is 0. The lowest BCUT2D eigenvalue weighted by molar-refractivity contribution is 0.669. The third-order valence-corrected chi connectivity index (χ3v) is 12.8. The molecule has 268 valence electrons. The molecule has 8 aromatic carbocycles. The van der Waals surface area contributed by atoms with E-state index in [0.717, 1.165) is 53.3 Å². The summed E-state index contributed by atoms with van der Waals surface area (Å²) in [5.41, 5.74) is 17.4. The predicted molar refractivity (Wildman–Crippen MR) is 240 cm³/mol. The first-order valence-corrected chi connectivity index (χ1v) is 20.2. The monoisotopic (exact) mass is 728 g/mol. The molecule has 0 radical (unpaired) electrons. The molecular weight excluding hydrogens is 693 g/mol. The van der Waals surface area contributed by atoms with Crippen molar-refractivity contribution in [2.45, 2.75) is 25.7 Å². The molecule has 0 bridgehead atoms. The molecule has 57 heavy (non-hydrogen) atoms. The second-order valence-corrected chi connectivity index (χ2v) is 15.8. The number of hydrogen-bond donors (Lipinski definition) is 0. The van der Waals surface area contributed by atoms with Crippen LogP contribution >= 0.6 is 0 Å². The summed E-state index contributed by atoms with van der Waals surface area (Å²) < 4.78 is 11.1. The van der Waals surface area contributed by atoms with E-state index in [1.54, 1.807) is 11.1 Å². The normalized spacial score (nSPS) is 13.9. The molecule has 0 N–H and O–H groups in total. The van der Waals surface area contributed by atoms with Crippen LogP contribution in [0.4, 0.5) is 0 Å². The van der Waals surface area contributed by atoms with Crippen molar-refractivity contribution in [1.29, 1.82) is 0 Å². The number of para-hydroxylation sites is 3. The Labute approximate surface area is 329 Å². The average molecular weight is 729 g/mol. The van der Waals surface area contributed by atoms with Crippen molar-refractivity contribution in [1.82, 2.24) is 9.13 Å². The van der Waals surface area contributed by atoms with Gasteiger partial charge in [0, 0.05) is 43.7 Å². The number of furan rings is 1. The lowest BCUT2D eigenvalue weighted by Gasteiger charge is -2.24. The first-order valence-electron chi connectivity index (χ1n) is 20.2. The molecule has 0 spiro atoms. The fourth-order valence-corrected chi connectivity index (χ4v) is 10.3. The van der Waals surface area contributed by atoms with E-state index in [1.807, 2.05) is 12.1 Å². The number of rotatable bonds is 3. The molecule has 0 atom stereocenters. The number of hydrogen-bond acceptors (Lipinski definition) is 1. The minimum Gasteiger partial charge on any atom is -0.456 e. The molecule has 2 aliphatic rings. The second kappa shape index (κ2) is 11.7. The summed E-state index contributed by atoms with van der Waals surface area (Å²) in [6, 6.07) is 53.7. The third-order valence-electron chi connectivity index (χ3n) is 12.8. The van der Waals surface area contributed by atoms with Crippen molar-refractivity contribution in [2.24, 2.45) is 0 Å². The molecule has 0 amide bonds. The summed E-state index contributed by atoms with van der Waals surface area (Å²) in [7, 11) is 0. The zero-order valence-electron chi connectivity index (χ0n) is 31.3. The van der Waals surface area contributed by atoms with E-state index in [2.05, 4.69) is 167 Å². The lowest BCUT2D eigenvalue weighted by atomic mass is 9.81. The van der Waals surface area contributed by atoms with E-state index in [4.69, 9.17) is 4.42 Å². The highest BCUT2D eigenvalue weighted by Crippen LogP contribution is 2.42. The molecule has 3 aromatic heterocycles. The van der Waals surface area contributed by atoms with Gasteiger partial charge in [-0.05, 0) is 143 Å². The Kier molecular flexibility index (Phi) is 6.40. The van der Waals surface area contributed by atoms with Crippen LogP contribution in [0.1, 0.15) is 35.1 Å². The quantitative estimate of drug-likeness (QED) is 0.178. The molecule has 3 heteroatoms. The smallest absolute Gasteiger partial charge is 0.135 e. The SMILES string of the molecule is C1=Cc2c(c3c(c4cc(-n5c6ccccc6c6cc(-c7ccc8c(c7)c7ccccc7n8-c7ccc8oc9ccccc9c8c7)ccc65)ccc24)C=CCC3)CC1. The predicted octanol–water partition coefficient (Wildman–Crippen LogP) is 14.5. The first kappa shape index (κ1) is 31.1. The molecule has 0 unspecified atom stereocenters. The maximum atomic E-state index is 6.19. The Balaban J connectivity index is 0.976. The van der Waals surface area contributed by atoms with Crippen LogP contribution in [0.25, 0.3) is 111 Å². The molecule has 3 heterocycles. The Hall–Kier alpha value is -7.10. The average Bonchev–Trinajstić information content (AvgIpc) is 3.93.